The van der Waals surface area contributed by atoms with Gasteiger partial charge in [0, 0.05) is 23.3 Å². The van der Waals surface area contributed by atoms with Gasteiger partial charge in [0.1, 0.15) is 23.5 Å². The molecule has 3 aromatic carbocycles. The fourth-order valence-corrected chi connectivity index (χ4v) is 4.58. The average Bonchev–Trinajstić information content (AvgIpc) is 2.96. The second-order valence-electron chi connectivity index (χ2n) is 9.54. The number of carboxylic acid groups (broad SMARTS) is 4. The highest BCUT2D eigenvalue weighted by Gasteiger charge is 2.28. The molecule has 0 saturated carbocycles. The third-order valence-corrected chi connectivity index (χ3v) is 6.71. The van der Waals surface area contributed by atoms with E-state index in [1.807, 2.05) is 0 Å². The Morgan fingerprint density at radius 2 is 1.30 bits per heavy atom. The van der Waals surface area contributed by atoms with Crippen LogP contribution >= 0.6 is 11.6 Å². The fraction of sp³-hybridized carbons (Fsp3) is 0.133. The molecule has 6 N–H and O–H groups in total. The largest absolute Gasteiger partial charge is 0.480 e. The number of carbonyl (C=O) groups excluding carboxylic acids is 1. The van der Waals surface area contributed by atoms with Gasteiger partial charge in [-0.25, -0.2) is 24.2 Å². The first-order chi connectivity index (χ1) is 20.4. The van der Waals surface area contributed by atoms with Crippen molar-refractivity contribution in [3.63, 3.8) is 0 Å². The Hall–Kier alpha value is -5.49. The predicted octanol–water partition coefficient (Wildman–Crippen LogP) is 3.82. The van der Waals surface area contributed by atoms with Gasteiger partial charge < -0.3 is 31.1 Å². The third kappa shape index (κ3) is 7.63. The summed E-state index contributed by atoms with van der Waals surface area (Å²) in [6.07, 6.45) is -0.425. The molecular weight excluding hydrogens is 582 g/mol. The number of benzene rings is 3. The van der Waals surface area contributed by atoms with E-state index in [1.165, 1.54) is 54.6 Å². The lowest BCUT2D eigenvalue weighted by Crippen LogP contribution is -2.49. The van der Waals surface area contributed by atoms with Crippen LogP contribution in [0.4, 0.5) is 5.82 Å². The minimum atomic E-state index is -1.49. The number of carboxylic acids is 4. The Balaban J connectivity index is 1.70. The van der Waals surface area contributed by atoms with Crippen molar-refractivity contribution in [2.45, 2.75) is 24.9 Å². The Morgan fingerprint density at radius 3 is 1.84 bits per heavy atom. The van der Waals surface area contributed by atoms with Gasteiger partial charge in [-0.05, 0) is 59.7 Å². The normalized spacial score (nSPS) is 12.2. The number of pyridine rings is 1. The van der Waals surface area contributed by atoms with E-state index < -0.39 is 41.9 Å². The number of hydrogen-bond acceptors (Lipinski definition) is 7. The Bertz CT molecular complexity index is 1760. The number of nitrogens with zero attached hydrogens (tertiary/aromatic N) is 1. The summed E-state index contributed by atoms with van der Waals surface area (Å²) in [4.78, 5) is 65.1. The summed E-state index contributed by atoms with van der Waals surface area (Å²) in [5.74, 6) is -6.19. The van der Waals surface area contributed by atoms with Crippen molar-refractivity contribution < 1.29 is 44.4 Å². The molecule has 2 unspecified atom stereocenters. The number of fused-ring (bicyclic) bond motifs is 1. The Kier molecular flexibility index (Phi) is 9.21. The van der Waals surface area contributed by atoms with Crippen molar-refractivity contribution in [1.82, 2.24) is 10.3 Å². The highest BCUT2D eigenvalue weighted by molar-refractivity contribution is 6.31. The van der Waals surface area contributed by atoms with Gasteiger partial charge in [0.2, 0.25) is 5.91 Å². The molecule has 0 saturated heterocycles. The maximum atomic E-state index is 13.6. The van der Waals surface area contributed by atoms with Gasteiger partial charge in [0.15, 0.2) is 0 Å². The number of aliphatic carboxylic acids is 1. The summed E-state index contributed by atoms with van der Waals surface area (Å²) in [7, 11) is 0. The summed E-state index contributed by atoms with van der Waals surface area (Å²) >= 11 is 6.04. The van der Waals surface area contributed by atoms with E-state index in [9.17, 15) is 44.4 Å². The summed E-state index contributed by atoms with van der Waals surface area (Å²) in [5.41, 5.74) is 0.700. The molecule has 43 heavy (non-hydrogen) atoms. The van der Waals surface area contributed by atoms with Gasteiger partial charge >= 0.3 is 23.9 Å². The van der Waals surface area contributed by atoms with Gasteiger partial charge in [-0.3, -0.25) is 4.79 Å². The smallest absolute Gasteiger partial charge is 0.339 e. The molecular formula is C30H24ClN3O9. The van der Waals surface area contributed by atoms with E-state index in [0.717, 1.165) is 0 Å². The molecule has 220 valence electrons. The first-order valence-electron chi connectivity index (χ1n) is 12.7. The molecule has 0 spiro atoms. The number of carbonyl (C=O) groups is 5. The number of amides is 1. The van der Waals surface area contributed by atoms with Crippen molar-refractivity contribution in [3.05, 3.63) is 106 Å². The number of halogens is 1. The zero-order chi connectivity index (χ0) is 31.3. The summed E-state index contributed by atoms with van der Waals surface area (Å²) < 4.78 is 0. The molecule has 0 bridgehead atoms. The van der Waals surface area contributed by atoms with Gasteiger partial charge in [-0.15, -0.1) is 0 Å². The second-order valence-corrected chi connectivity index (χ2v) is 9.98. The first-order valence-corrected chi connectivity index (χ1v) is 13.1. The first kappa shape index (κ1) is 30.5. The molecule has 0 aliphatic heterocycles. The van der Waals surface area contributed by atoms with Crippen molar-refractivity contribution in [1.29, 1.82) is 0 Å². The standard InChI is InChI=1S/C30H24ClN3O9/c31-20-7-8-22-19(13-20)14-21(29(40)41)25(32-22)33-23(11-15-3-1-5-17(9-15)27(36)37)26(35)34-24(30(42)43)12-16-4-2-6-18(10-16)28(38)39/h1-10,13-14,23-24H,11-12H2,(H,32,33)(H,34,35)(H,36,37)(H,38,39)(H,40,41)(H,42,43). The molecule has 1 aromatic heterocycles. The van der Waals surface area contributed by atoms with Gasteiger partial charge in [-0.1, -0.05) is 35.9 Å². The number of hydrogen-bond donors (Lipinski definition) is 6. The van der Waals surface area contributed by atoms with Gasteiger partial charge in [0.05, 0.1) is 16.6 Å². The molecule has 0 aliphatic carbocycles. The monoisotopic (exact) mass is 605 g/mol. The molecule has 12 nitrogen and oxygen atoms in total. The van der Waals surface area contributed by atoms with E-state index in [1.54, 1.807) is 18.2 Å². The third-order valence-electron chi connectivity index (χ3n) is 6.48. The molecule has 2 atom stereocenters. The van der Waals surface area contributed by atoms with E-state index in [-0.39, 0.29) is 35.3 Å². The lowest BCUT2D eigenvalue weighted by molar-refractivity contribution is -0.141. The minimum absolute atomic E-state index is 0.0506. The van der Waals surface area contributed by atoms with Crippen LogP contribution in [0.5, 0.6) is 0 Å². The van der Waals surface area contributed by atoms with Crippen molar-refractivity contribution >= 4 is 58.1 Å². The molecule has 4 aromatic rings. The molecule has 1 heterocycles. The summed E-state index contributed by atoms with van der Waals surface area (Å²) in [5, 5.41) is 44.4. The van der Waals surface area contributed by atoms with Gasteiger partial charge in [-0.2, -0.15) is 0 Å². The molecule has 13 heteroatoms. The lowest BCUT2D eigenvalue weighted by atomic mass is 10.0. The van der Waals surface area contributed by atoms with Crippen molar-refractivity contribution in [2.75, 3.05) is 5.32 Å². The van der Waals surface area contributed by atoms with Crippen LogP contribution in [0.15, 0.2) is 72.8 Å². The molecule has 0 fully saturated rings. The van der Waals surface area contributed by atoms with Crippen LogP contribution < -0.4 is 10.6 Å². The molecule has 4 rings (SSSR count). The SMILES string of the molecule is O=C(O)c1cccc(CC(NC(=O)C(Cc2cccc(C(=O)O)c2)Nc2nc3ccc(Cl)cc3cc2C(=O)O)C(=O)O)c1. The van der Waals surface area contributed by atoms with Crippen LogP contribution in [0.25, 0.3) is 10.9 Å². The van der Waals surface area contributed by atoms with E-state index in [2.05, 4.69) is 15.6 Å². The topological polar surface area (TPSA) is 203 Å². The Morgan fingerprint density at radius 1 is 0.721 bits per heavy atom. The highest BCUT2D eigenvalue weighted by atomic mass is 35.5. The minimum Gasteiger partial charge on any atom is -0.480 e. The fourth-order valence-electron chi connectivity index (χ4n) is 4.40. The van der Waals surface area contributed by atoms with Crippen LogP contribution in [0.3, 0.4) is 0 Å². The zero-order valence-electron chi connectivity index (χ0n) is 22.2. The molecule has 0 radical (unpaired) electrons. The van der Waals surface area contributed by atoms with Crippen molar-refractivity contribution in [3.8, 4) is 0 Å². The van der Waals surface area contributed by atoms with Crippen LogP contribution in [0.2, 0.25) is 5.02 Å². The highest BCUT2D eigenvalue weighted by Crippen LogP contribution is 2.25. The van der Waals surface area contributed by atoms with E-state index >= 15 is 0 Å². The lowest BCUT2D eigenvalue weighted by Gasteiger charge is -2.23. The average molecular weight is 606 g/mol. The van der Waals surface area contributed by atoms with E-state index in [4.69, 9.17) is 11.6 Å². The zero-order valence-corrected chi connectivity index (χ0v) is 22.9. The summed E-state index contributed by atoms with van der Waals surface area (Å²) in [6, 6.07) is 14.5. The predicted molar refractivity (Wildman–Crippen MR) is 155 cm³/mol. The van der Waals surface area contributed by atoms with E-state index in [0.29, 0.717) is 27.1 Å². The van der Waals surface area contributed by atoms with Crippen molar-refractivity contribution in [2.24, 2.45) is 0 Å². The van der Waals surface area contributed by atoms with Crippen LogP contribution in [-0.4, -0.2) is 67.3 Å². The Labute approximate surface area is 248 Å². The number of aromatic nitrogens is 1. The number of anilines is 1. The molecule has 1 amide bonds. The number of nitrogens with one attached hydrogen (secondary N) is 2. The maximum Gasteiger partial charge on any atom is 0.339 e. The quantitative estimate of drug-likeness (QED) is 0.137. The van der Waals surface area contributed by atoms with Crippen LogP contribution in [0, 0.1) is 0 Å². The van der Waals surface area contributed by atoms with Crippen LogP contribution in [-0.2, 0) is 22.4 Å². The van der Waals surface area contributed by atoms with Gasteiger partial charge in [0.25, 0.3) is 0 Å². The van der Waals surface area contributed by atoms with Crippen LogP contribution in [0.1, 0.15) is 42.2 Å². The maximum absolute atomic E-state index is 13.6. The second kappa shape index (κ2) is 13.0. The molecule has 0 aliphatic rings. The number of aromatic carboxylic acids is 3. The summed E-state index contributed by atoms with van der Waals surface area (Å²) in [6.45, 7) is 0. The number of rotatable bonds is 12.